The van der Waals surface area contributed by atoms with Gasteiger partial charge in [0.1, 0.15) is 0 Å². The molecule has 0 heterocycles. The van der Waals surface area contributed by atoms with Crippen LogP contribution in [-0.2, 0) is 9.59 Å². The summed E-state index contributed by atoms with van der Waals surface area (Å²) in [5, 5.41) is 0. The van der Waals surface area contributed by atoms with E-state index in [1.54, 1.807) is 0 Å². The predicted octanol–water partition coefficient (Wildman–Crippen LogP) is 2.30. The summed E-state index contributed by atoms with van der Waals surface area (Å²) in [6.07, 6.45) is 0. The van der Waals surface area contributed by atoms with Gasteiger partial charge in [-0.25, -0.2) is 0 Å². The molecule has 0 spiro atoms. The Balaban J connectivity index is 4.40. The van der Waals surface area contributed by atoms with E-state index in [-0.39, 0.29) is 0 Å². The molecule has 0 saturated heterocycles. The van der Waals surface area contributed by atoms with Crippen LogP contribution in [0.5, 0.6) is 0 Å². The molecule has 7 heteroatoms. The Hall–Kier alpha value is 0.790. The zero-order valence-corrected chi connectivity index (χ0v) is 8.56. The Morgan fingerprint density at radius 1 is 1.09 bits per heavy atom. The summed E-state index contributed by atoms with van der Waals surface area (Å²) in [4.78, 5) is 19.8. The smallest absolute Gasteiger partial charge is 0.256 e. The second-order valence-electron chi connectivity index (χ2n) is 1.49. The molecule has 0 unspecified atom stereocenters. The number of carbonyl (C=O) groups excluding carboxylic acids is 2. The topological polar surface area (TPSA) is 34.1 Å². The fourth-order valence-electron chi connectivity index (χ4n) is 0.239. The van der Waals surface area contributed by atoms with Crippen LogP contribution in [0.2, 0.25) is 0 Å². The molecule has 0 N–H and O–H groups in total. The van der Waals surface area contributed by atoms with Gasteiger partial charge in [-0.1, -0.05) is 58.0 Å². The molecule has 0 aliphatic rings. The molecule has 0 aromatic heterocycles. The van der Waals surface area contributed by atoms with Crippen molar-refractivity contribution in [3.8, 4) is 0 Å². The van der Waals surface area contributed by atoms with Crippen molar-refractivity contribution in [3.05, 3.63) is 0 Å². The fraction of sp³-hybridized carbons (Fsp3) is 0.500. The van der Waals surface area contributed by atoms with Crippen LogP contribution in [0, 0.1) is 0 Å². The average molecular weight is 258 g/mol. The lowest BCUT2D eigenvalue weighted by Gasteiger charge is -2.07. The zero-order valence-electron chi connectivity index (χ0n) is 4.78. The Morgan fingerprint density at radius 3 is 1.55 bits per heavy atom. The number of alkyl halides is 5. The molecule has 0 bridgehead atoms. The van der Waals surface area contributed by atoms with Crippen molar-refractivity contribution in [2.75, 3.05) is 0 Å². The third-order valence-corrected chi connectivity index (χ3v) is 1.59. The van der Waals surface area contributed by atoms with Crippen molar-refractivity contribution in [2.45, 2.75) is 8.63 Å². The minimum atomic E-state index is -2.28. The van der Waals surface area contributed by atoms with Crippen molar-refractivity contribution >= 4 is 69.6 Å². The van der Waals surface area contributed by atoms with Gasteiger partial charge >= 0.3 is 0 Å². The molecule has 11 heavy (non-hydrogen) atoms. The van der Waals surface area contributed by atoms with E-state index in [0.29, 0.717) is 0 Å². The van der Waals surface area contributed by atoms with Gasteiger partial charge in [-0.05, 0) is 0 Å². The number of hydrogen-bond donors (Lipinski definition) is 0. The predicted molar refractivity (Wildman–Crippen MR) is 45.8 cm³/mol. The van der Waals surface area contributed by atoms with E-state index in [0.717, 1.165) is 0 Å². The van der Waals surface area contributed by atoms with E-state index in [2.05, 4.69) is 0 Å². The highest BCUT2D eigenvalue weighted by molar-refractivity contribution is 6.84. The first-order chi connectivity index (χ1) is 4.76. The van der Waals surface area contributed by atoms with Gasteiger partial charge in [0.2, 0.25) is 5.78 Å². The summed E-state index contributed by atoms with van der Waals surface area (Å²) in [5.74, 6) is -2.37. The molecule has 0 saturated carbocycles. The minimum Gasteiger partial charge on any atom is -0.288 e. The minimum absolute atomic E-state index is 1.13. The van der Waals surface area contributed by atoms with Crippen LogP contribution in [0.1, 0.15) is 0 Å². The van der Waals surface area contributed by atoms with E-state index in [1.165, 1.54) is 0 Å². The summed E-state index contributed by atoms with van der Waals surface area (Å²) in [6.45, 7) is 0. The molecule has 0 fully saturated rings. The van der Waals surface area contributed by atoms with Crippen molar-refractivity contribution in [1.29, 1.82) is 0 Å². The Kier molecular flexibility index (Phi) is 4.45. The van der Waals surface area contributed by atoms with Crippen LogP contribution in [0.4, 0.5) is 0 Å². The molecular formula is C4HCl5O2. The Bertz CT molecular complexity index is 181. The van der Waals surface area contributed by atoms with Crippen LogP contribution in [0.25, 0.3) is 0 Å². The van der Waals surface area contributed by atoms with Gasteiger partial charge in [0, 0.05) is 0 Å². The summed E-state index contributed by atoms with van der Waals surface area (Å²) in [7, 11) is 0. The summed E-state index contributed by atoms with van der Waals surface area (Å²) in [5.41, 5.74) is 0. The summed E-state index contributed by atoms with van der Waals surface area (Å²) >= 11 is 25.3. The lowest BCUT2D eigenvalue weighted by atomic mass is 10.3. The van der Waals surface area contributed by atoms with Crippen LogP contribution >= 0.6 is 58.0 Å². The molecule has 0 aliphatic heterocycles. The largest absolute Gasteiger partial charge is 0.288 e. The van der Waals surface area contributed by atoms with Gasteiger partial charge in [-0.15, -0.1) is 0 Å². The van der Waals surface area contributed by atoms with Crippen molar-refractivity contribution in [2.24, 2.45) is 0 Å². The van der Waals surface area contributed by atoms with Crippen molar-refractivity contribution < 1.29 is 9.59 Å². The Morgan fingerprint density at radius 2 is 1.45 bits per heavy atom. The first-order valence-corrected chi connectivity index (χ1v) is 4.21. The maximum atomic E-state index is 10.7. The van der Waals surface area contributed by atoms with E-state index >= 15 is 0 Å². The first kappa shape index (κ1) is 11.8. The summed E-state index contributed by atoms with van der Waals surface area (Å²) < 4.78 is -2.28. The highest BCUT2D eigenvalue weighted by Crippen LogP contribution is 2.28. The molecule has 0 atom stereocenters. The second kappa shape index (κ2) is 4.15. The van der Waals surface area contributed by atoms with Crippen LogP contribution in [-0.4, -0.2) is 20.2 Å². The lowest BCUT2D eigenvalue weighted by Crippen LogP contribution is -2.31. The number of Topliss-reactive ketones (excluding diaryl/α,β-unsaturated/α-hetero) is 2. The standard InChI is InChI=1S/C4HCl5O2/c5-3(6)1(10)2(11)4(7,8)9/h3H. The van der Waals surface area contributed by atoms with Gasteiger partial charge < -0.3 is 0 Å². The molecule has 0 amide bonds. The second-order valence-corrected chi connectivity index (χ2v) is 4.87. The summed E-state index contributed by atoms with van der Waals surface area (Å²) in [6, 6.07) is 0. The third kappa shape index (κ3) is 3.81. The van der Waals surface area contributed by atoms with E-state index in [4.69, 9.17) is 58.0 Å². The van der Waals surface area contributed by atoms with Gasteiger partial charge in [-0.2, -0.15) is 0 Å². The molecule has 0 aromatic carbocycles. The van der Waals surface area contributed by atoms with Gasteiger partial charge in [0.05, 0.1) is 0 Å². The molecule has 64 valence electrons. The number of rotatable bonds is 2. The monoisotopic (exact) mass is 256 g/mol. The van der Waals surface area contributed by atoms with Gasteiger partial charge in [0.15, 0.2) is 4.84 Å². The van der Waals surface area contributed by atoms with Gasteiger partial charge in [-0.3, -0.25) is 9.59 Å². The normalized spacial score (nSPS) is 11.8. The van der Waals surface area contributed by atoms with Crippen LogP contribution in [0.3, 0.4) is 0 Å². The number of carbonyl (C=O) groups is 2. The molecule has 0 aliphatic carbocycles. The van der Waals surface area contributed by atoms with E-state index in [9.17, 15) is 9.59 Å². The maximum absolute atomic E-state index is 10.7. The molecule has 0 radical (unpaired) electrons. The SMILES string of the molecule is O=C(C(=O)C(Cl)(Cl)Cl)C(Cl)Cl. The molecule has 0 aromatic rings. The van der Waals surface area contributed by atoms with Crippen LogP contribution < -0.4 is 0 Å². The molecule has 2 nitrogen and oxygen atoms in total. The third-order valence-electron chi connectivity index (χ3n) is 0.679. The van der Waals surface area contributed by atoms with Crippen LogP contribution in [0.15, 0.2) is 0 Å². The first-order valence-electron chi connectivity index (χ1n) is 2.20. The molecule has 0 rings (SSSR count). The maximum Gasteiger partial charge on any atom is 0.256 e. The van der Waals surface area contributed by atoms with Gasteiger partial charge in [0.25, 0.3) is 9.58 Å². The zero-order chi connectivity index (χ0) is 9.23. The highest BCUT2D eigenvalue weighted by atomic mass is 35.6. The number of hydrogen-bond acceptors (Lipinski definition) is 2. The van der Waals surface area contributed by atoms with E-state index in [1.807, 2.05) is 0 Å². The average Bonchev–Trinajstić information content (AvgIpc) is 1.82. The van der Waals surface area contributed by atoms with E-state index < -0.39 is 20.2 Å². The van der Waals surface area contributed by atoms with Crippen molar-refractivity contribution in [3.63, 3.8) is 0 Å². The van der Waals surface area contributed by atoms with Crippen molar-refractivity contribution in [1.82, 2.24) is 0 Å². The lowest BCUT2D eigenvalue weighted by molar-refractivity contribution is -0.135. The molecular weight excluding hydrogens is 257 g/mol. The number of halogens is 5. The Labute approximate surface area is 87.7 Å². The fourth-order valence-corrected chi connectivity index (χ4v) is 0.716. The number of ketones is 2. The highest BCUT2D eigenvalue weighted by Gasteiger charge is 2.38. The quantitative estimate of drug-likeness (QED) is 0.562.